The third-order valence-corrected chi connectivity index (χ3v) is 4.74. The molecule has 1 amide bonds. The lowest BCUT2D eigenvalue weighted by atomic mass is 10.1. The molecule has 1 aromatic heterocycles. The van der Waals surface area contributed by atoms with Gasteiger partial charge in [-0.25, -0.2) is 9.78 Å². The molecule has 2 N–H and O–H groups in total. The highest BCUT2D eigenvalue weighted by Crippen LogP contribution is 2.22. The van der Waals surface area contributed by atoms with E-state index in [0.29, 0.717) is 11.3 Å². The number of nitrogens with one attached hydrogen (secondary N) is 2. The van der Waals surface area contributed by atoms with Crippen LogP contribution >= 0.6 is 0 Å². The van der Waals surface area contributed by atoms with Crippen molar-refractivity contribution in [3.8, 4) is 11.4 Å². The van der Waals surface area contributed by atoms with Crippen LogP contribution in [0.1, 0.15) is 22.8 Å². The van der Waals surface area contributed by atoms with E-state index >= 15 is 0 Å². The Kier molecular flexibility index (Phi) is 5.30. The van der Waals surface area contributed by atoms with Gasteiger partial charge in [-0.3, -0.25) is 4.79 Å². The molecule has 1 heterocycles. The Morgan fingerprint density at radius 2 is 1.73 bits per heavy atom. The topological polar surface area (TPSA) is 84.1 Å². The van der Waals surface area contributed by atoms with E-state index in [4.69, 9.17) is 4.74 Å². The number of nitrogens with zero attached hydrogens (tertiary/aromatic N) is 1. The minimum atomic E-state index is -0.932. The number of H-pyrrole nitrogens is 1. The van der Waals surface area contributed by atoms with Gasteiger partial charge in [0.25, 0.3) is 5.91 Å². The average Bonchev–Trinajstić information content (AvgIpc) is 3.18. The molecule has 0 saturated heterocycles. The van der Waals surface area contributed by atoms with E-state index in [1.807, 2.05) is 49.4 Å². The monoisotopic (exact) mass is 399 g/mol. The number of hydrogen-bond donors (Lipinski definition) is 2. The molecule has 0 radical (unpaired) electrons. The van der Waals surface area contributed by atoms with Crippen molar-refractivity contribution in [1.82, 2.24) is 9.97 Å². The highest BCUT2D eigenvalue weighted by atomic mass is 16.5. The number of rotatable bonds is 5. The van der Waals surface area contributed by atoms with Crippen molar-refractivity contribution in [2.75, 3.05) is 5.32 Å². The Hall–Kier alpha value is -3.93. The smallest absolute Gasteiger partial charge is 0.338 e. The number of fused-ring (bicyclic) bond motifs is 1. The number of anilines is 1. The van der Waals surface area contributed by atoms with Crippen LogP contribution in [-0.4, -0.2) is 27.9 Å². The first kappa shape index (κ1) is 19.4. The summed E-state index contributed by atoms with van der Waals surface area (Å²) in [6, 6.07) is 22.1. The van der Waals surface area contributed by atoms with Crippen molar-refractivity contribution < 1.29 is 14.3 Å². The summed E-state index contributed by atoms with van der Waals surface area (Å²) in [5.74, 6) is -0.232. The van der Waals surface area contributed by atoms with Gasteiger partial charge in [0.05, 0.1) is 16.6 Å². The van der Waals surface area contributed by atoms with Crippen LogP contribution in [0.4, 0.5) is 5.69 Å². The summed E-state index contributed by atoms with van der Waals surface area (Å²) in [6.07, 6.45) is -0.932. The van der Waals surface area contributed by atoms with E-state index < -0.39 is 12.1 Å². The number of esters is 1. The molecule has 1 unspecified atom stereocenters. The van der Waals surface area contributed by atoms with Gasteiger partial charge < -0.3 is 15.0 Å². The van der Waals surface area contributed by atoms with Gasteiger partial charge in [-0.1, -0.05) is 48.0 Å². The molecule has 6 nitrogen and oxygen atoms in total. The van der Waals surface area contributed by atoms with E-state index in [-0.39, 0.29) is 5.91 Å². The fourth-order valence-corrected chi connectivity index (χ4v) is 3.03. The molecule has 4 rings (SSSR count). The molecular formula is C24H21N3O3. The highest BCUT2D eigenvalue weighted by Gasteiger charge is 2.19. The van der Waals surface area contributed by atoms with Gasteiger partial charge in [-0.05, 0) is 44.2 Å². The minimum Gasteiger partial charge on any atom is -0.449 e. The van der Waals surface area contributed by atoms with Crippen LogP contribution in [0.15, 0.2) is 72.8 Å². The second kappa shape index (κ2) is 8.21. The summed E-state index contributed by atoms with van der Waals surface area (Å²) in [5, 5.41) is 2.72. The number of carbonyl (C=O) groups is 2. The lowest BCUT2D eigenvalue weighted by molar-refractivity contribution is -0.123. The molecule has 4 aromatic rings. The van der Waals surface area contributed by atoms with E-state index in [9.17, 15) is 9.59 Å². The number of aromatic nitrogens is 2. The molecule has 150 valence electrons. The van der Waals surface area contributed by atoms with Gasteiger partial charge in [0, 0.05) is 11.3 Å². The fraction of sp³-hybridized carbons (Fsp3) is 0.125. The zero-order chi connectivity index (χ0) is 21.1. The normalized spacial score (nSPS) is 11.8. The standard InChI is InChI=1S/C24H21N3O3/c1-15-8-10-17(11-9-15)22-26-20-13-12-18(14-21(20)27-22)24(29)30-16(2)23(28)25-19-6-4-3-5-7-19/h3-14,16H,1-2H3,(H,25,28)(H,26,27). The number of hydrogen-bond acceptors (Lipinski definition) is 4. The molecule has 0 bridgehead atoms. The number of carbonyl (C=O) groups excluding carboxylic acids is 2. The summed E-state index contributed by atoms with van der Waals surface area (Å²) >= 11 is 0. The number of aryl methyl sites for hydroxylation is 1. The minimum absolute atomic E-state index is 0.348. The Labute approximate surface area is 173 Å². The molecule has 3 aromatic carbocycles. The first-order valence-corrected chi connectivity index (χ1v) is 9.63. The summed E-state index contributed by atoms with van der Waals surface area (Å²) in [7, 11) is 0. The molecule has 1 atom stereocenters. The van der Waals surface area contributed by atoms with E-state index in [2.05, 4.69) is 15.3 Å². The van der Waals surface area contributed by atoms with Crippen LogP contribution in [0, 0.1) is 6.92 Å². The number of para-hydroxylation sites is 1. The number of benzene rings is 3. The van der Waals surface area contributed by atoms with Crippen LogP contribution in [0.2, 0.25) is 0 Å². The Balaban J connectivity index is 1.47. The molecule has 0 aliphatic carbocycles. The first-order chi connectivity index (χ1) is 14.5. The molecule has 0 saturated carbocycles. The summed E-state index contributed by atoms with van der Waals surface area (Å²) in [4.78, 5) is 32.6. The van der Waals surface area contributed by atoms with Crippen molar-refractivity contribution >= 4 is 28.6 Å². The summed E-state index contributed by atoms with van der Waals surface area (Å²) < 4.78 is 5.34. The Morgan fingerprint density at radius 1 is 1.00 bits per heavy atom. The Bertz CT molecular complexity index is 1200. The van der Waals surface area contributed by atoms with E-state index in [0.717, 1.165) is 22.4 Å². The molecule has 0 aliphatic rings. The van der Waals surface area contributed by atoms with E-state index in [1.165, 1.54) is 5.56 Å². The van der Waals surface area contributed by atoms with Gasteiger partial charge >= 0.3 is 5.97 Å². The maximum Gasteiger partial charge on any atom is 0.338 e. The van der Waals surface area contributed by atoms with Gasteiger partial charge in [-0.2, -0.15) is 0 Å². The highest BCUT2D eigenvalue weighted by molar-refractivity contribution is 5.98. The van der Waals surface area contributed by atoms with Gasteiger partial charge in [0.1, 0.15) is 5.82 Å². The van der Waals surface area contributed by atoms with Crippen LogP contribution in [0.3, 0.4) is 0 Å². The van der Waals surface area contributed by atoms with Crippen molar-refractivity contribution in [3.63, 3.8) is 0 Å². The van der Waals surface area contributed by atoms with Crippen molar-refractivity contribution in [1.29, 1.82) is 0 Å². The number of ether oxygens (including phenoxy) is 1. The molecule has 6 heteroatoms. The average molecular weight is 399 g/mol. The molecule has 0 spiro atoms. The number of imidazole rings is 1. The maximum atomic E-state index is 12.5. The SMILES string of the molecule is Cc1ccc(-c2nc3ccc(C(=O)OC(C)C(=O)Nc4ccccc4)cc3[nH]2)cc1. The second-order valence-corrected chi connectivity index (χ2v) is 7.09. The van der Waals surface area contributed by atoms with Gasteiger partial charge in [-0.15, -0.1) is 0 Å². The Morgan fingerprint density at radius 3 is 2.47 bits per heavy atom. The predicted octanol–water partition coefficient (Wildman–Crippen LogP) is 4.72. The van der Waals surface area contributed by atoms with Crippen molar-refractivity contribution in [2.24, 2.45) is 0 Å². The third kappa shape index (κ3) is 4.22. The molecule has 0 aliphatic heterocycles. The van der Waals surface area contributed by atoms with Crippen LogP contribution < -0.4 is 5.32 Å². The third-order valence-electron chi connectivity index (χ3n) is 4.74. The maximum absolute atomic E-state index is 12.5. The van der Waals surface area contributed by atoms with Crippen molar-refractivity contribution in [3.05, 3.63) is 83.9 Å². The molecule has 0 fully saturated rings. The first-order valence-electron chi connectivity index (χ1n) is 9.63. The zero-order valence-corrected chi connectivity index (χ0v) is 16.7. The lowest BCUT2D eigenvalue weighted by Crippen LogP contribution is -2.29. The number of amides is 1. The summed E-state index contributed by atoms with van der Waals surface area (Å²) in [5.41, 5.74) is 4.60. The predicted molar refractivity (Wildman–Crippen MR) is 116 cm³/mol. The van der Waals surface area contributed by atoms with E-state index in [1.54, 1.807) is 37.3 Å². The fourth-order valence-electron chi connectivity index (χ4n) is 3.03. The molecular weight excluding hydrogens is 378 g/mol. The van der Waals surface area contributed by atoms with Crippen molar-refractivity contribution in [2.45, 2.75) is 20.0 Å². The largest absolute Gasteiger partial charge is 0.449 e. The van der Waals surface area contributed by atoms with Crippen LogP contribution in [-0.2, 0) is 9.53 Å². The van der Waals surface area contributed by atoms with Gasteiger partial charge in [0.2, 0.25) is 0 Å². The lowest BCUT2D eigenvalue weighted by Gasteiger charge is -2.13. The van der Waals surface area contributed by atoms with Crippen LogP contribution in [0.5, 0.6) is 0 Å². The quantitative estimate of drug-likeness (QED) is 0.476. The van der Waals surface area contributed by atoms with Gasteiger partial charge in [0.15, 0.2) is 6.10 Å². The molecule has 30 heavy (non-hydrogen) atoms. The number of aromatic amines is 1. The van der Waals surface area contributed by atoms with Crippen LogP contribution in [0.25, 0.3) is 22.4 Å². The summed E-state index contributed by atoms with van der Waals surface area (Å²) in [6.45, 7) is 3.57. The second-order valence-electron chi connectivity index (χ2n) is 7.09. The zero-order valence-electron chi connectivity index (χ0n) is 16.7.